The summed E-state index contributed by atoms with van der Waals surface area (Å²) in [6.45, 7) is 4.70. The maximum absolute atomic E-state index is 12.9. The van der Waals surface area contributed by atoms with Gasteiger partial charge in [-0.15, -0.1) is 12.4 Å². The minimum absolute atomic E-state index is 0. The number of urea groups is 1. The van der Waals surface area contributed by atoms with Crippen molar-refractivity contribution in [2.45, 2.75) is 13.0 Å². The highest BCUT2D eigenvalue weighted by molar-refractivity contribution is 6.31. The van der Waals surface area contributed by atoms with Crippen LogP contribution in [0.5, 0.6) is 5.75 Å². The van der Waals surface area contributed by atoms with Crippen molar-refractivity contribution in [1.29, 1.82) is 0 Å². The van der Waals surface area contributed by atoms with Crippen molar-refractivity contribution >= 4 is 35.7 Å². The van der Waals surface area contributed by atoms with E-state index in [0.717, 1.165) is 19.6 Å². The summed E-state index contributed by atoms with van der Waals surface area (Å²) in [7, 11) is 3.78. The van der Waals surface area contributed by atoms with E-state index < -0.39 is 0 Å². The number of anilines is 1. The SMILES string of the molecule is COc1ccc(Cl)cc1NC(=O)N1C[C@@H]2CN(C)[C@H](c3ccccc3C)[C@@H]2C1.Cl. The van der Waals surface area contributed by atoms with E-state index in [1.807, 2.05) is 4.90 Å². The molecule has 2 saturated heterocycles. The molecule has 0 saturated carbocycles. The number of fused-ring (bicyclic) bond motifs is 1. The number of amides is 2. The lowest BCUT2D eigenvalue weighted by atomic mass is 9.88. The van der Waals surface area contributed by atoms with E-state index in [-0.39, 0.29) is 18.4 Å². The van der Waals surface area contributed by atoms with Gasteiger partial charge in [0.2, 0.25) is 0 Å². The summed E-state index contributed by atoms with van der Waals surface area (Å²) < 4.78 is 5.34. The Balaban J connectivity index is 0.00000240. The molecule has 2 fully saturated rings. The maximum atomic E-state index is 12.9. The molecule has 4 rings (SSSR count). The number of carbonyl (C=O) groups is 1. The number of hydrogen-bond donors (Lipinski definition) is 1. The molecule has 0 aliphatic carbocycles. The largest absolute Gasteiger partial charge is 0.495 e. The molecule has 1 N–H and O–H groups in total. The number of nitrogens with zero attached hydrogens (tertiary/aromatic N) is 2. The molecule has 156 valence electrons. The molecule has 2 aromatic rings. The van der Waals surface area contributed by atoms with Crippen molar-refractivity contribution in [1.82, 2.24) is 9.80 Å². The van der Waals surface area contributed by atoms with E-state index in [9.17, 15) is 4.79 Å². The third-order valence-corrected chi connectivity index (χ3v) is 6.33. The minimum Gasteiger partial charge on any atom is -0.495 e. The normalized spacial score (nSPS) is 23.4. The molecule has 7 heteroatoms. The maximum Gasteiger partial charge on any atom is 0.321 e. The fourth-order valence-electron chi connectivity index (χ4n) is 4.78. The number of hydrogen-bond acceptors (Lipinski definition) is 3. The van der Waals surface area contributed by atoms with Crippen LogP contribution in [0.2, 0.25) is 5.02 Å². The van der Waals surface area contributed by atoms with Crippen LogP contribution < -0.4 is 10.1 Å². The quantitative estimate of drug-likeness (QED) is 0.749. The van der Waals surface area contributed by atoms with Gasteiger partial charge in [-0.2, -0.15) is 0 Å². The lowest BCUT2D eigenvalue weighted by Gasteiger charge is -2.28. The van der Waals surface area contributed by atoms with Gasteiger partial charge in [0.1, 0.15) is 5.75 Å². The fraction of sp³-hybridized carbons (Fsp3) is 0.409. The van der Waals surface area contributed by atoms with Crippen molar-refractivity contribution in [3.63, 3.8) is 0 Å². The smallest absolute Gasteiger partial charge is 0.321 e. The lowest BCUT2D eigenvalue weighted by molar-refractivity contribution is 0.205. The Bertz CT molecular complexity index is 892. The van der Waals surface area contributed by atoms with E-state index in [1.54, 1.807) is 25.3 Å². The molecular weight excluding hydrogens is 409 g/mol. The number of aryl methyl sites for hydroxylation is 1. The van der Waals surface area contributed by atoms with Crippen LogP contribution >= 0.6 is 24.0 Å². The van der Waals surface area contributed by atoms with Gasteiger partial charge in [0, 0.05) is 36.6 Å². The molecule has 2 aromatic carbocycles. The number of rotatable bonds is 3. The first kappa shape index (κ1) is 21.8. The molecular formula is C22H27Cl2N3O2. The Morgan fingerprint density at radius 1 is 1.17 bits per heavy atom. The first-order chi connectivity index (χ1) is 13.5. The van der Waals surface area contributed by atoms with Crippen LogP contribution in [0, 0.1) is 18.8 Å². The van der Waals surface area contributed by atoms with Gasteiger partial charge in [0.05, 0.1) is 12.8 Å². The average Bonchev–Trinajstić information content (AvgIpc) is 3.19. The Hall–Kier alpha value is -1.95. The third kappa shape index (κ3) is 4.18. The van der Waals surface area contributed by atoms with Crippen molar-refractivity contribution in [3.05, 3.63) is 58.6 Å². The predicted molar refractivity (Wildman–Crippen MR) is 119 cm³/mol. The molecule has 0 radical (unpaired) electrons. The summed E-state index contributed by atoms with van der Waals surface area (Å²) in [5, 5.41) is 3.54. The molecule has 2 heterocycles. The van der Waals surface area contributed by atoms with Crippen LogP contribution in [-0.2, 0) is 0 Å². The van der Waals surface area contributed by atoms with Crippen LogP contribution in [-0.4, -0.2) is 49.6 Å². The van der Waals surface area contributed by atoms with Gasteiger partial charge in [0.15, 0.2) is 0 Å². The summed E-state index contributed by atoms with van der Waals surface area (Å²) in [6.07, 6.45) is 0. The van der Waals surface area contributed by atoms with Gasteiger partial charge in [-0.25, -0.2) is 4.79 Å². The number of methoxy groups -OCH3 is 1. The summed E-state index contributed by atoms with van der Waals surface area (Å²) >= 11 is 6.09. The van der Waals surface area contributed by atoms with Gasteiger partial charge < -0.3 is 15.0 Å². The zero-order valence-corrected chi connectivity index (χ0v) is 18.5. The fourth-order valence-corrected chi connectivity index (χ4v) is 4.95. The summed E-state index contributed by atoms with van der Waals surface area (Å²) in [5.74, 6) is 1.54. The molecule has 0 spiro atoms. The van der Waals surface area contributed by atoms with Gasteiger partial charge >= 0.3 is 6.03 Å². The van der Waals surface area contributed by atoms with Crippen molar-refractivity contribution in [2.75, 3.05) is 39.1 Å². The van der Waals surface area contributed by atoms with Gasteiger partial charge in [0.25, 0.3) is 0 Å². The Kier molecular flexibility index (Phi) is 6.62. The molecule has 2 amide bonds. The van der Waals surface area contributed by atoms with Crippen LogP contribution in [0.15, 0.2) is 42.5 Å². The van der Waals surface area contributed by atoms with Crippen molar-refractivity contribution < 1.29 is 9.53 Å². The highest BCUT2D eigenvalue weighted by atomic mass is 35.5. The van der Waals surface area contributed by atoms with E-state index >= 15 is 0 Å². The second kappa shape index (κ2) is 8.82. The number of benzene rings is 2. The number of halogens is 2. The third-order valence-electron chi connectivity index (χ3n) is 6.09. The van der Waals surface area contributed by atoms with E-state index in [1.165, 1.54) is 11.1 Å². The lowest BCUT2D eigenvalue weighted by Crippen LogP contribution is -2.36. The molecule has 3 atom stereocenters. The zero-order chi connectivity index (χ0) is 19.8. The van der Waals surface area contributed by atoms with Gasteiger partial charge in [-0.05, 0) is 49.2 Å². The van der Waals surface area contributed by atoms with Crippen molar-refractivity contribution in [3.8, 4) is 5.75 Å². The predicted octanol–water partition coefficient (Wildman–Crippen LogP) is 4.85. The minimum atomic E-state index is -0.0962. The van der Waals surface area contributed by atoms with Crippen LogP contribution in [0.1, 0.15) is 17.2 Å². The van der Waals surface area contributed by atoms with Crippen LogP contribution in [0.25, 0.3) is 0 Å². The van der Waals surface area contributed by atoms with E-state index in [0.29, 0.717) is 34.3 Å². The Morgan fingerprint density at radius 3 is 2.66 bits per heavy atom. The summed E-state index contributed by atoms with van der Waals surface area (Å²) in [5.41, 5.74) is 3.28. The first-order valence-electron chi connectivity index (χ1n) is 9.63. The standard InChI is InChI=1S/C22H26ClN3O2.ClH/c1-14-6-4-5-7-17(14)21-18-13-26(12-15(18)11-25(21)2)22(27)24-19-10-16(23)8-9-20(19)28-3;/h4-10,15,18,21H,11-13H2,1-3H3,(H,24,27);1H/t15-,18+,21+;/m0./s1. The van der Waals surface area contributed by atoms with Crippen LogP contribution in [0.4, 0.5) is 10.5 Å². The highest BCUT2D eigenvalue weighted by Crippen LogP contribution is 2.45. The average molecular weight is 436 g/mol. The highest BCUT2D eigenvalue weighted by Gasteiger charge is 2.47. The number of likely N-dealkylation sites (tertiary alicyclic amines) is 2. The van der Waals surface area contributed by atoms with Gasteiger partial charge in [-0.3, -0.25) is 4.90 Å². The number of ether oxygens (including phenoxy) is 1. The summed E-state index contributed by atoms with van der Waals surface area (Å²) in [6, 6.07) is 14.1. The van der Waals surface area contributed by atoms with E-state index in [4.69, 9.17) is 16.3 Å². The second-order valence-electron chi connectivity index (χ2n) is 7.84. The Labute approximate surface area is 183 Å². The molecule has 2 aliphatic rings. The summed E-state index contributed by atoms with van der Waals surface area (Å²) in [4.78, 5) is 17.3. The topological polar surface area (TPSA) is 44.8 Å². The number of nitrogens with one attached hydrogen (secondary N) is 1. The molecule has 29 heavy (non-hydrogen) atoms. The first-order valence-corrected chi connectivity index (χ1v) is 10.0. The molecule has 2 aliphatic heterocycles. The molecule has 0 aromatic heterocycles. The second-order valence-corrected chi connectivity index (χ2v) is 8.28. The molecule has 5 nitrogen and oxygen atoms in total. The molecule has 0 bridgehead atoms. The van der Waals surface area contributed by atoms with Crippen LogP contribution in [0.3, 0.4) is 0 Å². The zero-order valence-electron chi connectivity index (χ0n) is 16.9. The van der Waals surface area contributed by atoms with E-state index in [2.05, 4.69) is 48.5 Å². The monoisotopic (exact) mass is 435 g/mol. The number of carbonyl (C=O) groups excluding carboxylic acids is 1. The van der Waals surface area contributed by atoms with Crippen molar-refractivity contribution in [2.24, 2.45) is 11.8 Å². The van der Waals surface area contributed by atoms with Gasteiger partial charge in [-0.1, -0.05) is 35.9 Å². The Morgan fingerprint density at radius 2 is 1.93 bits per heavy atom. The molecule has 0 unspecified atom stereocenters.